The summed E-state index contributed by atoms with van der Waals surface area (Å²) in [6.07, 6.45) is 18.0. The van der Waals surface area contributed by atoms with Gasteiger partial charge in [-0.25, -0.2) is 0 Å². The topological polar surface area (TPSA) is 88.7 Å². The van der Waals surface area contributed by atoms with E-state index >= 15 is 0 Å². The van der Waals surface area contributed by atoms with Crippen LogP contribution in [0.1, 0.15) is 116 Å². The van der Waals surface area contributed by atoms with Gasteiger partial charge in [0.05, 0.1) is 15.6 Å². The van der Waals surface area contributed by atoms with Gasteiger partial charge in [-0.15, -0.1) is 0 Å². The molecule has 2 saturated carbocycles. The zero-order valence-electron chi connectivity index (χ0n) is 27.1. The number of halogens is 4. The van der Waals surface area contributed by atoms with Crippen LogP contribution in [0, 0.1) is 11.8 Å². The highest BCUT2D eigenvalue weighted by Gasteiger charge is 2.44. The predicted molar refractivity (Wildman–Crippen MR) is 179 cm³/mol. The van der Waals surface area contributed by atoms with E-state index in [4.69, 9.17) is 32.7 Å². The molecule has 11 heteroatoms. The molecular weight excluding hydrogens is 635 g/mol. The third-order valence-electron chi connectivity index (χ3n) is 10.3. The Labute approximate surface area is 283 Å². The van der Waals surface area contributed by atoms with Crippen LogP contribution in [-0.2, 0) is 14.3 Å². The lowest BCUT2D eigenvalue weighted by Crippen LogP contribution is -2.58. The molecule has 2 atom stereocenters. The first-order chi connectivity index (χ1) is 22.2. The molecule has 1 heterocycles. The van der Waals surface area contributed by atoms with Crippen molar-refractivity contribution >= 4 is 35.0 Å². The van der Waals surface area contributed by atoms with Crippen molar-refractivity contribution in [2.45, 2.75) is 140 Å². The van der Waals surface area contributed by atoms with Crippen LogP contribution in [-0.4, -0.2) is 55.8 Å². The van der Waals surface area contributed by atoms with Crippen molar-refractivity contribution in [1.29, 1.82) is 0 Å². The SMILES string of the molecule is O=C(COc1ccc(Cl)c(Cl)c1)N[C@H]1CC[C@H](C(=O)NCC2CCC(OC(F)F)(C3CCCCCCCCCCCC3)CN2)CC1. The Hall–Kier alpha value is -1.68. The highest BCUT2D eigenvalue weighted by atomic mass is 35.5. The summed E-state index contributed by atoms with van der Waals surface area (Å²) < 4.78 is 38.5. The first kappa shape index (κ1) is 37.1. The molecule has 0 spiro atoms. The van der Waals surface area contributed by atoms with Crippen LogP contribution in [0.4, 0.5) is 8.78 Å². The van der Waals surface area contributed by atoms with Gasteiger partial charge in [0.15, 0.2) is 6.61 Å². The van der Waals surface area contributed by atoms with Gasteiger partial charge in [-0.1, -0.05) is 87.4 Å². The Morgan fingerprint density at radius 1 is 0.870 bits per heavy atom. The van der Waals surface area contributed by atoms with Crippen LogP contribution in [0.5, 0.6) is 5.75 Å². The lowest BCUT2D eigenvalue weighted by atomic mass is 9.74. The molecule has 3 fully saturated rings. The molecule has 1 aromatic carbocycles. The summed E-state index contributed by atoms with van der Waals surface area (Å²) in [7, 11) is 0. The maximum absolute atomic E-state index is 13.8. The lowest BCUT2D eigenvalue weighted by Gasteiger charge is -2.46. The molecule has 2 aliphatic carbocycles. The minimum Gasteiger partial charge on any atom is -0.484 e. The fourth-order valence-corrected chi connectivity index (χ4v) is 7.83. The van der Waals surface area contributed by atoms with E-state index < -0.39 is 12.2 Å². The van der Waals surface area contributed by atoms with Crippen molar-refractivity contribution in [3.8, 4) is 5.75 Å². The fraction of sp³-hybridized carbons (Fsp3) is 0.771. The number of alkyl halides is 2. The molecule has 0 aromatic heterocycles. The van der Waals surface area contributed by atoms with Gasteiger partial charge >= 0.3 is 6.61 Å². The van der Waals surface area contributed by atoms with E-state index in [1.54, 1.807) is 18.2 Å². The Morgan fingerprint density at radius 2 is 1.50 bits per heavy atom. The minimum absolute atomic E-state index is 0.00264. The second kappa shape index (κ2) is 19.4. The smallest absolute Gasteiger partial charge is 0.345 e. The largest absolute Gasteiger partial charge is 0.484 e. The summed E-state index contributed by atoms with van der Waals surface area (Å²) in [6.45, 7) is -2.06. The summed E-state index contributed by atoms with van der Waals surface area (Å²) in [5, 5.41) is 10.4. The summed E-state index contributed by atoms with van der Waals surface area (Å²) in [4.78, 5) is 25.4. The van der Waals surface area contributed by atoms with E-state index in [2.05, 4.69) is 16.0 Å². The standard InChI is InChI=1S/C35H53Cl2F2N3O4/c36-30-18-17-29(21-31(30)37)45-23-32(43)42-27-15-13-25(14-16-27)33(44)40-22-28-19-20-35(24-41-28,46-34(38)39)26-11-9-7-5-3-1-2-4-6-8-10-12-26/h17-18,21,25-28,34,41H,1-16,19-20,22-24H2,(H,40,44)(H,42,43)/t25-,27-,28?,35?. The Kier molecular flexibility index (Phi) is 15.6. The molecular formula is C35H53Cl2F2N3O4. The lowest BCUT2D eigenvalue weighted by molar-refractivity contribution is -0.236. The number of hydrogen-bond acceptors (Lipinski definition) is 5. The first-order valence-corrected chi connectivity index (χ1v) is 18.3. The van der Waals surface area contributed by atoms with Crippen LogP contribution in [0.3, 0.4) is 0 Å². The van der Waals surface area contributed by atoms with Gasteiger partial charge in [-0.2, -0.15) is 8.78 Å². The van der Waals surface area contributed by atoms with Gasteiger partial charge in [-0.05, 0) is 69.4 Å². The maximum atomic E-state index is 13.8. The van der Waals surface area contributed by atoms with Crippen molar-refractivity contribution in [3.63, 3.8) is 0 Å². The van der Waals surface area contributed by atoms with E-state index in [1.807, 2.05) is 0 Å². The zero-order chi connectivity index (χ0) is 32.8. The average Bonchev–Trinajstić information content (AvgIpc) is 3.07. The summed E-state index contributed by atoms with van der Waals surface area (Å²) >= 11 is 11.9. The normalized spacial score (nSPS) is 27.5. The molecule has 0 radical (unpaired) electrons. The quantitative estimate of drug-likeness (QED) is 0.231. The number of hydrogen-bond donors (Lipinski definition) is 3. The van der Waals surface area contributed by atoms with Crippen LogP contribution < -0.4 is 20.7 Å². The first-order valence-electron chi connectivity index (χ1n) is 17.6. The van der Waals surface area contributed by atoms with Crippen molar-refractivity contribution in [3.05, 3.63) is 28.2 Å². The van der Waals surface area contributed by atoms with Crippen LogP contribution in [0.2, 0.25) is 10.0 Å². The predicted octanol–water partition coefficient (Wildman–Crippen LogP) is 8.20. The second-order valence-corrected chi connectivity index (χ2v) is 14.4. The number of carbonyl (C=O) groups excluding carboxylic acids is 2. The number of amides is 2. The van der Waals surface area contributed by atoms with Gasteiger partial charge in [0.25, 0.3) is 5.91 Å². The zero-order valence-corrected chi connectivity index (χ0v) is 28.6. The highest BCUT2D eigenvalue weighted by Crippen LogP contribution is 2.39. The maximum Gasteiger partial charge on any atom is 0.345 e. The van der Waals surface area contributed by atoms with Crippen molar-refractivity contribution in [2.75, 3.05) is 19.7 Å². The monoisotopic (exact) mass is 687 g/mol. The van der Waals surface area contributed by atoms with Crippen molar-refractivity contribution < 1.29 is 27.8 Å². The number of piperidine rings is 1. The number of ether oxygens (including phenoxy) is 2. The van der Waals surface area contributed by atoms with Crippen LogP contribution >= 0.6 is 23.2 Å². The number of carbonyl (C=O) groups is 2. The van der Waals surface area contributed by atoms with E-state index in [9.17, 15) is 18.4 Å². The van der Waals surface area contributed by atoms with E-state index in [0.29, 0.717) is 67.4 Å². The van der Waals surface area contributed by atoms with Gasteiger partial charge in [-0.3, -0.25) is 9.59 Å². The van der Waals surface area contributed by atoms with Gasteiger partial charge in [0, 0.05) is 37.2 Å². The molecule has 7 nitrogen and oxygen atoms in total. The van der Waals surface area contributed by atoms with Crippen molar-refractivity contribution in [2.24, 2.45) is 11.8 Å². The van der Waals surface area contributed by atoms with Gasteiger partial charge in [0.1, 0.15) is 5.75 Å². The average molecular weight is 689 g/mol. The summed E-state index contributed by atoms with van der Waals surface area (Å²) in [6, 6.07) is 4.87. The Morgan fingerprint density at radius 3 is 2.07 bits per heavy atom. The Bertz CT molecular complexity index is 1070. The van der Waals surface area contributed by atoms with E-state index in [1.165, 1.54) is 38.5 Å². The van der Waals surface area contributed by atoms with Crippen molar-refractivity contribution in [1.82, 2.24) is 16.0 Å². The molecule has 1 aliphatic heterocycles. The fourth-order valence-electron chi connectivity index (χ4n) is 7.54. The van der Waals surface area contributed by atoms with Crippen LogP contribution in [0.15, 0.2) is 18.2 Å². The second-order valence-electron chi connectivity index (χ2n) is 13.6. The third kappa shape index (κ3) is 12.1. The number of nitrogens with one attached hydrogen (secondary N) is 3. The number of rotatable bonds is 10. The Balaban J connectivity index is 1.17. The third-order valence-corrected chi connectivity index (χ3v) is 11.0. The molecule has 1 saturated heterocycles. The van der Waals surface area contributed by atoms with E-state index in [-0.39, 0.29) is 42.3 Å². The molecule has 2 unspecified atom stereocenters. The number of benzene rings is 1. The molecule has 0 bridgehead atoms. The molecule has 260 valence electrons. The minimum atomic E-state index is -2.79. The van der Waals surface area contributed by atoms with E-state index in [0.717, 1.165) is 38.5 Å². The molecule has 46 heavy (non-hydrogen) atoms. The summed E-state index contributed by atoms with van der Waals surface area (Å²) in [5.41, 5.74) is -0.857. The van der Waals surface area contributed by atoms with Gasteiger partial charge < -0.3 is 25.4 Å². The van der Waals surface area contributed by atoms with Crippen LogP contribution in [0.25, 0.3) is 0 Å². The summed E-state index contributed by atoms with van der Waals surface area (Å²) in [5.74, 6) is 0.275. The molecule has 1 aromatic rings. The highest BCUT2D eigenvalue weighted by molar-refractivity contribution is 6.42. The van der Waals surface area contributed by atoms with Gasteiger partial charge in [0.2, 0.25) is 5.91 Å². The molecule has 4 rings (SSSR count). The molecule has 3 N–H and O–H groups in total. The molecule has 2 amide bonds. The molecule has 3 aliphatic rings.